The molecule has 1 amide bonds. The summed E-state index contributed by atoms with van der Waals surface area (Å²) in [5.41, 5.74) is 6.96. The third-order valence-corrected chi connectivity index (χ3v) is 5.70. The molecule has 2 rings (SSSR count). The van der Waals surface area contributed by atoms with Crippen LogP contribution in [0.3, 0.4) is 0 Å². The Labute approximate surface area is 121 Å². The summed E-state index contributed by atoms with van der Waals surface area (Å²) >= 11 is 1.10. The molecule has 5 nitrogen and oxygen atoms in total. The number of hydrogen-bond acceptors (Lipinski definition) is 5. The molecule has 7 heteroatoms. The maximum absolute atomic E-state index is 11.9. The van der Waals surface area contributed by atoms with Crippen LogP contribution in [0.25, 0.3) is 0 Å². The SMILES string of the molecule is NCc1ccc(NC(=O)CS(=O)(=O)c2cccs2)cc1. The zero-order chi connectivity index (χ0) is 14.6. The van der Waals surface area contributed by atoms with Gasteiger partial charge in [-0.25, -0.2) is 8.42 Å². The monoisotopic (exact) mass is 310 g/mol. The smallest absolute Gasteiger partial charge is 0.239 e. The molecule has 3 N–H and O–H groups in total. The minimum Gasteiger partial charge on any atom is -0.326 e. The Hall–Kier alpha value is -1.70. The summed E-state index contributed by atoms with van der Waals surface area (Å²) in [7, 11) is -3.56. The van der Waals surface area contributed by atoms with Gasteiger partial charge >= 0.3 is 0 Å². The van der Waals surface area contributed by atoms with Gasteiger partial charge < -0.3 is 11.1 Å². The van der Waals surface area contributed by atoms with Gasteiger partial charge in [0.1, 0.15) is 9.96 Å². The van der Waals surface area contributed by atoms with Gasteiger partial charge in [-0.05, 0) is 29.1 Å². The van der Waals surface area contributed by atoms with E-state index in [1.807, 2.05) is 0 Å². The molecule has 1 heterocycles. The molecule has 1 aromatic carbocycles. The summed E-state index contributed by atoms with van der Waals surface area (Å²) in [5.74, 6) is -1.12. The van der Waals surface area contributed by atoms with E-state index in [9.17, 15) is 13.2 Å². The lowest BCUT2D eigenvalue weighted by Crippen LogP contribution is -2.22. The number of benzene rings is 1. The van der Waals surface area contributed by atoms with Crippen LogP contribution >= 0.6 is 11.3 Å². The second-order valence-electron chi connectivity index (χ2n) is 4.14. The highest BCUT2D eigenvalue weighted by Gasteiger charge is 2.20. The van der Waals surface area contributed by atoms with Crippen molar-refractivity contribution in [2.75, 3.05) is 11.1 Å². The van der Waals surface area contributed by atoms with E-state index >= 15 is 0 Å². The van der Waals surface area contributed by atoms with E-state index < -0.39 is 21.5 Å². The second kappa shape index (κ2) is 6.17. The summed E-state index contributed by atoms with van der Waals surface area (Å²) in [6, 6.07) is 10.1. The van der Waals surface area contributed by atoms with Crippen molar-refractivity contribution in [1.82, 2.24) is 0 Å². The normalized spacial score (nSPS) is 11.2. The Bertz CT molecular complexity index is 677. The van der Waals surface area contributed by atoms with Crippen molar-refractivity contribution in [2.24, 2.45) is 5.73 Å². The van der Waals surface area contributed by atoms with Crippen molar-refractivity contribution in [3.63, 3.8) is 0 Å². The standard InChI is InChI=1S/C13H14N2O3S2/c14-8-10-3-5-11(6-4-10)15-12(16)9-20(17,18)13-2-1-7-19-13/h1-7H,8-9,14H2,(H,15,16). The molecule has 0 radical (unpaired) electrons. The number of hydrogen-bond donors (Lipinski definition) is 2. The third kappa shape index (κ3) is 3.66. The van der Waals surface area contributed by atoms with Gasteiger partial charge in [0.05, 0.1) is 0 Å². The molecule has 0 atom stereocenters. The van der Waals surface area contributed by atoms with Crippen LogP contribution in [0.2, 0.25) is 0 Å². The Morgan fingerprint density at radius 2 is 1.90 bits per heavy atom. The molecule has 1 aromatic heterocycles. The Morgan fingerprint density at radius 3 is 2.45 bits per heavy atom. The summed E-state index contributed by atoms with van der Waals surface area (Å²) < 4.78 is 24.1. The fraction of sp³-hybridized carbons (Fsp3) is 0.154. The molecule has 106 valence electrons. The highest BCUT2D eigenvalue weighted by molar-refractivity contribution is 7.94. The number of sulfone groups is 1. The Kier molecular flexibility index (Phi) is 4.53. The third-order valence-electron chi connectivity index (χ3n) is 2.60. The topological polar surface area (TPSA) is 89.3 Å². The molecule has 20 heavy (non-hydrogen) atoms. The van der Waals surface area contributed by atoms with Crippen LogP contribution in [0, 0.1) is 0 Å². The van der Waals surface area contributed by atoms with E-state index in [-0.39, 0.29) is 4.21 Å². The maximum Gasteiger partial charge on any atom is 0.239 e. The molecule has 0 saturated heterocycles. The number of thiophene rings is 1. The molecule has 0 fully saturated rings. The van der Waals surface area contributed by atoms with Crippen molar-refractivity contribution in [3.05, 3.63) is 47.3 Å². The Balaban J connectivity index is 2.02. The first kappa shape index (κ1) is 14.7. The summed E-state index contributed by atoms with van der Waals surface area (Å²) in [4.78, 5) is 11.8. The quantitative estimate of drug-likeness (QED) is 0.878. The van der Waals surface area contributed by atoms with Crippen molar-refractivity contribution in [2.45, 2.75) is 10.8 Å². The van der Waals surface area contributed by atoms with Gasteiger partial charge in [-0.1, -0.05) is 18.2 Å². The van der Waals surface area contributed by atoms with Crippen LogP contribution in [-0.4, -0.2) is 20.1 Å². The van der Waals surface area contributed by atoms with Gasteiger partial charge in [0.15, 0.2) is 9.84 Å². The average Bonchev–Trinajstić information content (AvgIpc) is 2.93. The number of rotatable bonds is 5. The number of carbonyl (C=O) groups excluding carboxylic acids is 1. The highest BCUT2D eigenvalue weighted by atomic mass is 32.2. The molecule has 0 saturated carbocycles. The van der Waals surface area contributed by atoms with Gasteiger partial charge in [-0.3, -0.25) is 4.79 Å². The minimum atomic E-state index is -3.56. The van der Waals surface area contributed by atoms with E-state index in [0.29, 0.717) is 12.2 Å². The zero-order valence-electron chi connectivity index (χ0n) is 10.6. The van der Waals surface area contributed by atoms with E-state index in [1.54, 1.807) is 35.7 Å². The van der Waals surface area contributed by atoms with Crippen LogP contribution in [0.4, 0.5) is 5.69 Å². The van der Waals surface area contributed by atoms with Gasteiger partial charge in [0, 0.05) is 12.2 Å². The molecule has 0 spiro atoms. The number of nitrogens with two attached hydrogens (primary N) is 1. The minimum absolute atomic E-state index is 0.200. The van der Waals surface area contributed by atoms with Gasteiger partial charge in [-0.15, -0.1) is 11.3 Å². The molecule has 2 aromatic rings. The number of nitrogens with one attached hydrogen (secondary N) is 1. The lowest BCUT2D eigenvalue weighted by Gasteiger charge is -2.06. The van der Waals surface area contributed by atoms with Gasteiger partial charge in [0.25, 0.3) is 0 Å². The lowest BCUT2D eigenvalue weighted by atomic mass is 10.2. The van der Waals surface area contributed by atoms with Crippen LogP contribution in [0.5, 0.6) is 0 Å². The largest absolute Gasteiger partial charge is 0.326 e. The highest BCUT2D eigenvalue weighted by Crippen LogP contribution is 2.18. The molecule has 0 unspecified atom stereocenters. The summed E-state index contributed by atoms with van der Waals surface area (Å²) in [6.45, 7) is 0.418. The van der Waals surface area contributed by atoms with E-state index in [1.165, 1.54) is 6.07 Å². The van der Waals surface area contributed by atoms with Crippen molar-refractivity contribution in [1.29, 1.82) is 0 Å². The predicted octanol–water partition coefficient (Wildman–Crippen LogP) is 1.62. The van der Waals surface area contributed by atoms with E-state index in [2.05, 4.69) is 5.32 Å². The first-order valence-corrected chi connectivity index (χ1v) is 8.39. The molecule has 0 aliphatic carbocycles. The van der Waals surface area contributed by atoms with E-state index in [0.717, 1.165) is 16.9 Å². The van der Waals surface area contributed by atoms with Gasteiger partial charge in [-0.2, -0.15) is 0 Å². The van der Waals surface area contributed by atoms with Crippen LogP contribution in [-0.2, 0) is 21.2 Å². The average molecular weight is 310 g/mol. The van der Waals surface area contributed by atoms with Crippen LogP contribution in [0.1, 0.15) is 5.56 Å². The van der Waals surface area contributed by atoms with Crippen LogP contribution < -0.4 is 11.1 Å². The van der Waals surface area contributed by atoms with Crippen molar-refractivity contribution in [3.8, 4) is 0 Å². The molecule has 0 bridgehead atoms. The van der Waals surface area contributed by atoms with E-state index in [4.69, 9.17) is 5.73 Å². The molecule has 0 aliphatic heterocycles. The fourth-order valence-corrected chi connectivity index (χ4v) is 3.83. The Morgan fingerprint density at radius 1 is 1.20 bits per heavy atom. The predicted molar refractivity (Wildman–Crippen MR) is 79.3 cm³/mol. The lowest BCUT2D eigenvalue weighted by molar-refractivity contribution is -0.113. The molecular formula is C13H14N2O3S2. The maximum atomic E-state index is 11.9. The van der Waals surface area contributed by atoms with Crippen molar-refractivity contribution >= 4 is 32.8 Å². The molecule has 0 aliphatic rings. The summed E-state index contributed by atoms with van der Waals surface area (Å²) in [5, 5.41) is 4.22. The number of amides is 1. The fourth-order valence-electron chi connectivity index (χ4n) is 1.61. The number of carbonyl (C=O) groups is 1. The molecular weight excluding hydrogens is 296 g/mol. The van der Waals surface area contributed by atoms with Crippen LogP contribution in [0.15, 0.2) is 46.0 Å². The van der Waals surface area contributed by atoms with Crippen molar-refractivity contribution < 1.29 is 13.2 Å². The van der Waals surface area contributed by atoms with Gasteiger partial charge in [0.2, 0.25) is 5.91 Å². The summed E-state index contributed by atoms with van der Waals surface area (Å²) in [6.07, 6.45) is 0. The number of anilines is 1. The zero-order valence-corrected chi connectivity index (χ0v) is 12.2. The first-order valence-electron chi connectivity index (χ1n) is 5.86. The first-order chi connectivity index (χ1) is 9.51. The second-order valence-corrected chi connectivity index (χ2v) is 7.30.